The molecule has 3 rings (SSSR count). The van der Waals surface area contributed by atoms with Crippen LogP contribution < -0.4 is 4.90 Å². The third kappa shape index (κ3) is 1.37. The molecule has 0 atom stereocenters. The number of pyridine rings is 2. The molecule has 0 spiro atoms. The minimum absolute atomic E-state index is 0.147. The molecule has 2 aromatic heterocycles. The van der Waals surface area contributed by atoms with Crippen LogP contribution in [0.1, 0.15) is 0 Å². The summed E-state index contributed by atoms with van der Waals surface area (Å²) in [5, 5.41) is 19.5. The largest absolute Gasteiger partial charge is 0.506 e. The van der Waals surface area contributed by atoms with Gasteiger partial charge in [-0.25, -0.2) is 9.97 Å². The molecule has 0 saturated carbocycles. The van der Waals surface area contributed by atoms with Crippen molar-refractivity contribution in [1.82, 2.24) is 9.97 Å². The van der Waals surface area contributed by atoms with Crippen molar-refractivity contribution in [3.63, 3.8) is 0 Å². The van der Waals surface area contributed by atoms with Gasteiger partial charge in [0.25, 0.3) is 0 Å². The summed E-state index contributed by atoms with van der Waals surface area (Å²) in [7, 11) is 0. The van der Waals surface area contributed by atoms with Crippen molar-refractivity contribution in [2.75, 3.05) is 18.0 Å². The van der Waals surface area contributed by atoms with Crippen LogP contribution in [-0.4, -0.2) is 39.4 Å². The summed E-state index contributed by atoms with van der Waals surface area (Å²) in [6.07, 6.45) is 2.82. The van der Waals surface area contributed by atoms with Crippen LogP contribution in [0.5, 0.6) is 5.75 Å². The molecular formula is C11H11N3O2. The number of aromatic nitrogens is 2. The fourth-order valence-corrected chi connectivity index (χ4v) is 1.89. The standard InChI is InChI=1S/C11H11N3O2/c15-8-3-7-1-2-12-11(10(7)13-4-8)14-5-9(16)6-14/h1-4,9,15-16H,5-6H2. The molecule has 0 aliphatic carbocycles. The molecule has 16 heavy (non-hydrogen) atoms. The molecule has 1 aliphatic heterocycles. The van der Waals surface area contributed by atoms with E-state index in [4.69, 9.17) is 0 Å². The summed E-state index contributed by atoms with van der Waals surface area (Å²) in [6, 6.07) is 3.46. The summed E-state index contributed by atoms with van der Waals surface area (Å²) < 4.78 is 0. The van der Waals surface area contributed by atoms with E-state index in [9.17, 15) is 10.2 Å². The average molecular weight is 217 g/mol. The maximum absolute atomic E-state index is 9.34. The summed E-state index contributed by atoms with van der Waals surface area (Å²) in [6.45, 7) is 1.18. The van der Waals surface area contributed by atoms with Crippen LogP contribution in [0, 0.1) is 0 Å². The van der Waals surface area contributed by atoms with Gasteiger partial charge in [0.15, 0.2) is 5.82 Å². The molecule has 82 valence electrons. The van der Waals surface area contributed by atoms with Crippen molar-refractivity contribution < 1.29 is 10.2 Å². The number of hydrogen-bond acceptors (Lipinski definition) is 5. The van der Waals surface area contributed by atoms with Gasteiger partial charge in [0.05, 0.1) is 12.3 Å². The molecule has 1 fully saturated rings. The lowest BCUT2D eigenvalue weighted by Crippen LogP contribution is -2.51. The van der Waals surface area contributed by atoms with Gasteiger partial charge in [-0.05, 0) is 12.1 Å². The van der Waals surface area contributed by atoms with Crippen LogP contribution in [0.3, 0.4) is 0 Å². The molecule has 5 heteroatoms. The predicted molar refractivity (Wildman–Crippen MR) is 59.4 cm³/mol. The first-order valence-corrected chi connectivity index (χ1v) is 5.11. The number of hydrogen-bond donors (Lipinski definition) is 2. The Kier molecular flexibility index (Phi) is 1.94. The average Bonchev–Trinajstić information content (AvgIpc) is 2.24. The zero-order valence-electron chi connectivity index (χ0n) is 8.54. The zero-order chi connectivity index (χ0) is 11.1. The first-order valence-electron chi connectivity index (χ1n) is 5.11. The van der Waals surface area contributed by atoms with Crippen LogP contribution in [-0.2, 0) is 0 Å². The molecule has 0 aromatic carbocycles. The maximum Gasteiger partial charge on any atom is 0.155 e. The highest BCUT2D eigenvalue weighted by Gasteiger charge is 2.27. The van der Waals surface area contributed by atoms with Crippen LogP contribution in [0.25, 0.3) is 10.9 Å². The number of anilines is 1. The highest BCUT2D eigenvalue weighted by Crippen LogP contribution is 2.27. The molecule has 2 aromatic rings. The second-order valence-corrected chi connectivity index (χ2v) is 3.96. The number of aromatic hydroxyl groups is 1. The Morgan fingerprint density at radius 1 is 1.31 bits per heavy atom. The number of aliphatic hydroxyl groups is 1. The zero-order valence-corrected chi connectivity index (χ0v) is 8.54. The first kappa shape index (κ1) is 9.35. The highest BCUT2D eigenvalue weighted by molar-refractivity contribution is 5.89. The summed E-state index contributed by atoms with van der Waals surface area (Å²) in [5.74, 6) is 0.913. The van der Waals surface area contributed by atoms with Crippen LogP contribution >= 0.6 is 0 Å². The smallest absolute Gasteiger partial charge is 0.155 e. The van der Waals surface area contributed by atoms with E-state index in [0.29, 0.717) is 13.1 Å². The van der Waals surface area contributed by atoms with Gasteiger partial charge in [0.1, 0.15) is 11.3 Å². The van der Waals surface area contributed by atoms with Gasteiger partial charge in [0.2, 0.25) is 0 Å². The van der Waals surface area contributed by atoms with Gasteiger partial charge in [-0.2, -0.15) is 0 Å². The molecule has 0 radical (unpaired) electrons. The first-order chi connectivity index (χ1) is 7.74. The molecule has 3 heterocycles. The summed E-state index contributed by atoms with van der Waals surface area (Å²) >= 11 is 0. The summed E-state index contributed by atoms with van der Waals surface area (Å²) in [4.78, 5) is 10.4. The Morgan fingerprint density at radius 3 is 2.88 bits per heavy atom. The lowest BCUT2D eigenvalue weighted by molar-refractivity contribution is 0.141. The molecular weight excluding hydrogens is 206 g/mol. The van der Waals surface area contributed by atoms with Gasteiger partial charge >= 0.3 is 0 Å². The van der Waals surface area contributed by atoms with E-state index < -0.39 is 0 Å². The lowest BCUT2D eigenvalue weighted by Gasteiger charge is -2.37. The van der Waals surface area contributed by atoms with Gasteiger partial charge in [0, 0.05) is 24.7 Å². The Labute approximate surface area is 92.0 Å². The molecule has 1 aliphatic rings. The van der Waals surface area contributed by atoms with Crippen LogP contribution in [0.15, 0.2) is 24.5 Å². The quantitative estimate of drug-likeness (QED) is 0.728. The Balaban J connectivity index is 2.11. The molecule has 0 unspecified atom stereocenters. The van der Waals surface area contributed by atoms with Crippen molar-refractivity contribution in [1.29, 1.82) is 0 Å². The molecule has 1 saturated heterocycles. The Morgan fingerprint density at radius 2 is 2.12 bits per heavy atom. The van der Waals surface area contributed by atoms with E-state index in [-0.39, 0.29) is 11.9 Å². The molecule has 0 bridgehead atoms. The Hall–Kier alpha value is -1.88. The van der Waals surface area contributed by atoms with Gasteiger partial charge in [-0.1, -0.05) is 0 Å². The lowest BCUT2D eigenvalue weighted by atomic mass is 10.1. The second-order valence-electron chi connectivity index (χ2n) is 3.96. The number of rotatable bonds is 1. The fraction of sp³-hybridized carbons (Fsp3) is 0.273. The van der Waals surface area contributed by atoms with Crippen molar-refractivity contribution >= 4 is 16.7 Å². The molecule has 2 N–H and O–H groups in total. The van der Waals surface area contributed by atoms with Crippen LogP contribution in [0.2, 0.25) is 0 Å². The van der Waals surface area contributed by atoms with Crippen molar-refractivity contribution in [2.45, 2.75) is 6.10 Å². The number of β-amino-alcohol motifs (C(OH)–C–C–N with tert-alkyl or cyclic N) is 1. The topological polar surface area (TPSA) is 69.5 Å². The molecule has 0 amide bonds. The SMILES string of the molecule is Oc1cnc2c(N3CC(O)C3)nccc2c1. The monoisotopic (exact) mass is 217 g/mol. The number of fused-ring (bicyclic) bond motifs is 1. The van der Waals surface area contributed by atoms with E-state index in [1.807, 2.05) is 11.0 Å². The second kappa shape index (κ2) is 3.31. The minimum atomic E-state index is -0.269. The third-order valence-electron chi connectivity index (χ3n) is 2.73. The molecule has 5 nitrogen and oxygen atoms in total. The van der Waals surface area contributed by atoms with Crippen molar-refractivity contribution in [3.05, 3.63) is 24.5 Å². The van der Waals surface area contributed by atoms with E-state index >= 15 is 0 Å². The van der Waals surface area contributed by atoms with E-state index in [1.165, 1.54) is 6.20 Å². The third-order valence-corrected chi connectivity index (χ3v) is 2.73. The Bertz CT molecular complexity index is 538. The van der Waals surface area contributed by atoms with E-state index in [2.05, 4.69) is 9.97 Å². The maximum atomic E-state index is 9.34. The summed E-state index contributed by atoms with van der Waals surface area (Å²) in [5.41, 5.74) is 0.757. The predicted octanol–water partition coefficient (Wildman–Crippen LogP) is 0.516. The van der Waals surface area contributed by atoms with Crippen molar-refractivity contribution in [2.24, 2.45) is 0 Å². The number of aliphatic hydroxyl groups excluding tert-OH is 1. The van der Waals surface area contributed by atoms with E-state index in [1.54, 1.807) is 12.3 Å². The van der Waals surface area contributed by atoms with Gasteiger partial charge in [-0.15, -0.1) is 0 Å². The number of nitrogens with zero attached hydrogens (tertiary/aromatic N) is 3. The highest BCUT2D eigenvalue weighted by atomic mass is 16.3. The van der Waals surface area contributed by atoms with Crippen LogP contribution in [0.4, 0.5) is 5.82 Å². The minimum Gasteiger partial charge on any atom is -0.506 e. The van der Waals surface area contributed by atoms with Gasteiger partial charge in [-0.3, -0.25) is 0 Å². The normalized spacial score (nSPS) is 16.4. The van der Waals surface area contributed by atoms with Crippen molar-refractivity contribution in [3.8, 4) is 5.75 Å². The fourth-order valence-electron chi connectivity index (χ4n) is 1.89. The van der Waals surface area contributed by atoms with E-state index in [0.717, 1.165) is 16.7 Å². The van der Waals surface area contributed by atoms with Gasteiger partial charge < -0.3 is 15.1 Å².